The molecule has 2 aromatic carbocycles. The number of nitrogens with zero attached hydrogens (tertiary/aromatic N) is 3. The van der Waals surface area contributed by atoms with Gasteiger partial charge in [0, 0.05) is 18.7 Å². The zero-order valence-corrected chi connectivity index (χ0v) is 22.1. The average Bonchev–Trinajstić information content (AvgIpc) is 3.24. The van der Waals surface area contributed by atoms with Gasteiger partial charge < -0.3 is 14.0 Å². The van der Waals surface area contributed by atoms with Crippen LogP contribution in [0.1, 0.15) is 46.9 Å². The van der Waals surface area contributed by atoms with Gasteiger partial charge in [-0.15, -0.1) is 0 Å². The van der Waals surface area contributed by atoms with Gasteiger partial charge in [0.05, 0.1) is 34.4 Å². The van der Waals surface area contributed by atoms with Gasteiger partial charge in [-0.05, 0) is 62.2 Å². The summed E-state index contributed by atoms with van der Waals surface area (Å²) in [5.74, 6) is -1.61. The highest BCUT2D eigenvalue weighted by Gasteiger charge is 2.26. The van der Waals surface area contributed by atoms with Crippen molar-refractivity contribution in [1.29, 1.82) is 0 Å². The average molecular weight is 546 g/mol. The lowest BCUT2D eigenvalue weighted by Crippen LogP contribution is -2.35. The number of thiazole rings is 1. The zero-order chi connectivity index (χ0) is 26.6. The number of carbonyl (C=O) groups excluding carboxylic acids is 3. The molecule has 1 aliphatic rings. The third kappa shape index (κ3) is 5.81. The van der Waals surface area contributed by atoms with E-state index in [1.807, 2.05) is 0 Å². The van der Waals surface area contributed by atoms with Gasteiger partial charge in [-0.25, -0.2) is 13.2 Å². The van der Waals surface area contributed by atoms with Gasteiger partial charge in [-0.3, -0.25) is 9.59 Å². The van der Waals surface area contributed by atoms with Gasteiger partial charge in [0.15, 0.2) is 4.80 Å². The molecule has 0 unspecified atom stereocenters. The Labute approximate surface area is 218 Å². The number of piperidine rings is 1. The fourth-order valence-corrected chi connectivity index (χ4v) is 6.61. The summed E-state index contributed by atoms with van der Waals surface area (Å²) in [5.41, 5.74) is 1.13. The van der Waals surface area contributed by atoms with Crippen LogP contribution in [-0.4, -0.2) is 61.9 Å². The molecule has 0 bridgehead atoms. The Morgan fingerprint density at radius 1 is 1.00 bits per heavy atom. The normalized spacial score (nSPS) is 15.0. The largest absolute Gasteiger partial charge is 0.468 e. The molecule has 0 atom stereocenters. The molecule has 10 nitrogen and oxygen atoms in total. The highest BCUT2D eigenvalue weighted by molar-refractivity contribution is 7.89. The van der Waals surface area contributed by atoms with E-state index in [-0.39, 0.29) is 28.4 Å². The second-order valence-electron chi connectivity index (χ2n) is 8.36. The lowest BCUT2D eigenvalue weighted by atomic mass is 10.2. The number of methoxy groups -OCH3 is 1. The van der Waals surface area contributed by atoms with Crippen molar-refractivity contribution in [3.8, 4) is 0 Å². The van der Waals surface area contributed by atoms with Crippen molar-refractivity contribution in [3.63, 3.8) is 0 Å². The molecule has 0 radical (unpaired) electrons. The van der Waals surface area contributed by atoms with Crippen molar-refractivity contribution in [3.05, 3.63) is 58.4 Å². The van der Waals surface area contributed by atoms with Gasteiger partial charge in [0.1, 0.15) is 6.54 Å². The standard InChI is InChI=1S/C25H27N3O7S2/c1-3-35-24(31)18-9-12-20-21(15-18)36-25(28(20)16-22(29)34-2)26-23(30)17-7-10-19(11-8-17)37(32,33)27-13-5-4-6-14-27/h7-12,15H,3-6,13-14,16H2,1-2H3. The quantitative estimate of drug-likeness (QED) is 0.418. The first kappa shape index (κ1) is 26.7. The predicted octanol–water partition coefficient (Wildman–Crippen LogP) is 2.97. The maximum Gasteiger partial charge on any atom is 0.338 e. The van der Waals surface area contributed by atoms with Crippen LogP contribution in [0.2, 0.25) is 0 Å². The molecule has 37 heavy (non-hydrogen) atoms. The monoisotopic (exact) mass is 545 g/mol. The van der Waals surface area contributed by atoms with Crippen molar-refractivity contribution >= 4 is 49.4 Å². The molecule has 0 N–H and O–H groups in total. The summed E-state index contributed by atoms with van der Waals surface area (Å²) in [6, 6.07) is 10.5. The molecule has 0 aliphatic carbocycles. The molecule has 1 aromatic heterocycles. The van der Waals surface area contributed by atoms with E-state index in [0.29, 0.717) is 28.9 Å². The Bertz CT molecular complexity index is 1500. The van der Waals surface area contributed by atoms with E-state index in [4.69, 9.17) is 9.47 Å². The number of hydrogen-bond donors (Lipinski definition) is 0. The number of sulfonamides is 1. The van der Waals surface area contributed by atoms with Gasteiger partial charge >= 0.3 is 11.9 Å². The van der Waals surface area contributed by atoms with Crippen LogP contribution >= 0.6 is 11.3 Å². The number of fused-ring (bicyclic) bond motifs is 1. The first-order valence-electron chi connectivity index (χ1n) is 11.8. The van der Waals surface area contributed by atoms with Crippen LogP contribution in [0.4, 0.5) is 0 Å². The number of carbonyl (C=O) groups is 3. The molecule has 3 aromatic rings. The third-order valence-electron chi connectivity index (χ3n) is 5.96. The molecule has 12 heteroatoms. The molecule has 1 saturated heterocycles. The molecule has 1 amide bonds. The number of amides is 1. The van der Waals surface area contributed by atoms with E-state index in [2.05, 4.69) is 4.99 Å². The van der Waals surface area contributed by atoms with E-state index >= 15 is 0 Å². The van der Waals surface area contributed by atoms with Crippen molar-refractivity contribution in [2.45, 2.75) is 37.6 Å². The topological polar surface area (TPSA) is 124 Å². The van der Waals surface area contributed by atoms with Gasteiger partial charge in [-0.2, -0.15) is 9.30 Å². The first-order chi connectivity index (χ1) is 17.7. The molecule has 0 spiro atoms. The van der Waals surface area contributed by atoms with Crippen LogP contribution in [0.25, 0.3) is 10.2 Å². The van der Waals surface area contributed by atoms with E-state index < -0.39 is 27.9 Å². The second-order valence-corrected chi connectivity index (χ2v) is 11.3. The fourth-order valence-electron chi connectivity index (χ4n) is 4.02. The zero-order valence-electron chi connectivity index (χ0n) is 20.5. The molecule has 1 fully saturated rings. The smallest absolute Gasteiger partial charge is 0.338 e. The summed E-state index contributed by atoms with van der Waals surface area (Å²) < 4.78 is 39.3. The van der Waals surface area contributed by atoms with Gasteiger partial charge in [-0.1, -0.05) is 17.8 Å². The van der Waals surface area contributed by atoms with Crippen LogP contribution in [0.5, 0.6) is 0 Å². The summed E-state index contributed by atoms with van der Waals surface area (Å²) in [5, 5.41) is 0. The molecule has 1 aliphatic heterocycles. The number of hydrogen-bond acceptors (Lipinski definition) is 8. The molecule has 196 valence electrons. The minimum absolute atomic E-state index is 0.125. The van der Waals surface area contributed by atoms with E-state index in [9.17, 15) is 22.8 Å². The van der Waals surface area contributed by atoms with E-state index in [0.717, 1.165) is 30.6 Å². The van der Waals surface area contributed by atoms with Crippen molar-refractivity contribution < 1.29 is 32.3 Å². The van der Waals surface area contributed by atoms with Crippen LogP contribution < -0.4 is 4.80 Å². The van der Waals surface area contributed by atoms with E-state index in [1.54, 1.807) is 25.1 Å². The third-order valence-corrected chi connectivity index (χ3v) is 8.91. The Kier molecular flexibility index (Phi) is 8.20. The lowest BCUT2D eigenvalue weighted by Gasteiger charge is -2.25. The van der Waals surface area contributed by atoms with Crippen LogP contribution in [0, 0.1) is 0 Å². The summed E-state index contributed by atoms with van der Waals surface area (Å²) in [7, 11) is -2.36. The second kappa shape index (κ2) is 11.4. The number of rotatable bonds is 7. The fraction of sp³-hybridized carbons (Fsp3) is 0.360. The van der Waals surface area contributed by atoms with Gasteiger partial charge in [0.2, 0.25) is 10.0 Å². The van der Waals surface area contributed by atoms with E-state index in [1.165, 1.54) is 40.2 Å². The summed E-state index contributed by atoms with van der Waals surface area (Å²) in [6.45, 7) is 2.74. The van der Waals surface area contributed by atoms with Crippen LogP contribution in [0.3, 0.4) is 0 Å². The summed E-state index contributed by atoms with van der Waals surface area (Å²) >= 11 is 1.13. The number of benzene rings is 2. The maximum absolute atomic E-state index is 13.0. The molecule has 4 rings (SSSR count). The Balaban J connectivity index is 1.68. The molecule has 2 heterocycles. The minimum Gasteiger partial charge on any atom is -0.468 e. The summed E-state index contributed by atoms with van der Waals surface area (Å²) in [4.78, 5) is 41.8. The lowest BCUT2D eigenvalue weighted by molar-refractivity contribution is -0.141. The molecular weight excluding hydrogens is 518 g/mol. The van der Waals surface area contributed by atoms with Crippen molar-refractivity contribution in [1.82, 2.24) is 8.87 Å². The molecular formula is C25H27N3O7S2. The minimum atomic E-state index is -3.62. The highest BCUT2D eigenvalue weighted by atomic mass is 32.2. The SMILES string of the molecule is CCOC(=O)c1ccc2c(c1)sc(=NC(=O)c1ccc(S(=O)(=O)N3CCCCC3)cc1)n2CC(=O)OC. The Hall–Kier alpha value is -3.35. The first-order valence-corrected chi connectivity index (χ1v) is 14.1. The van der Waals surface area contributed by atoms with Crippen LogP contribution in [-0.2, 0) is 30.8 Å². The maximum atomic E-state index is 13.0. The summed E-state index contributed by atoms with van der Waals surface area (Å²) in [6.07, 6.45) is 2.67. The van der Waals surface area contributed by atoms with Crippen molar-refractivity contribution in [2.24, 2.45) is 4.99 Å². The molecule has 0 saturated carbocycles. The highest BCUT2D eigenvalue weighted by Crippen LogP contribution is 2.22. The number of ether oxygens (including phenoxy) is 2. The number of esters is 2. The number of aromatic nitrogens is 1. The Morgan fingerprint density at radius 3 is 2.32 bits per heavy atom. The van der Waals surface area contributed by atoms with Crippen LogP contribution in [0.15, 0.2) is 52.4 Å². The Morgan fingerprint density at radius 2 is 1.68 bits per heavy atom. The van der Waals surface area contributed by atoms with Crippen molar-refractivity contribution in [2.75, 3.05) is 26.8 Å². The predicted molar refractivity (Wildman–Crippen MR) is 137 cm³/mol. The van der Waals surface area contributed by atoms with Gasteiger partial charge in [0.25, 0.3) is 5.91 Å².